The minimum atomic E-state index is -1.41. The Labute approximate surface area is 142 Å². The number of benzene rings is 1. The minimum Gasteiger partial charge on any atom is -0.150 e. The van der Waals surface area contributed by atoms with E-state index >= 15 is 0 Å². The lowest BCUT2D eigenvalue weighted by atomic mass is 9.75. The van der Waals surface area contributed by atoms with E-state index in [1.165, 1.54) is 44.1 Å². The standard InChI is InChI=1S/C18H30Cl2Si/c1-18(2,3)17(14-9-15-21(19)20)13-8-7-12-16-10-5-4-6-11-16/h4-6,10-11,17,21H,7-9,12-15H2,1-3H3. The van der Waals surface area contributed by atoms with E-state index in [0.29, 0.717) is 5.41 Å². The number of halogens is 2. The van der Waals surface area contributed by atoms with Crippen LogP contribution in [0.1, 0.15) is 58.4 Å². The topological polar surface area (TPSA) is 0 Å². The van der Waals surface area contributed by atoms with E-state index in [0.717, 1.165) is 12.0 Å². The maximum atomic E-state index is 5.97. The zero-order valence-corrected chi connectivity index (χ0v) is 16.4. The van der Waals surface area contributed by atoms with Crippen molar-refractivity contribution >= 4 is 29.6 Å². The van der Waals surface area contributed by atoms with Gasteiger partial charge < -0.3 is 0 Å². The molecule has 0 aromatic heterocycles. The first-order valence-corrected chi connectivity index (χ1v) is 12.5. The van der Waals surface area contributed by atoms with Crippen LogP contribution in [0.15, 0.2) is 30.3 Å². The van der Waals surface area contributed by atoms with Gasteiger partial charge >= 0.3 is 0 Å². The van der Waals surface area contributed by atoms with Crippen molar-refractivity contribution in [3.05, 3.63) is 35.9 Å². The third-order valence-corrected chi connectivity index (χ3v) is 6.46. The first-order valence-electron chi connectivity index (χ1n) is 8.21. The Bertz CT molecular complexity index is 371. The summed E-state index contributed by atoms with van der Waals surface area (Å²) in [6.07, 6.45) is 7.61. The van der Waals surface area contributed by atoms with Crippen molar-refractivity contribution in [2.45, 2.75) is 65.3 Å². The highest BCUT2D eigenvalue weighted by atomic mass is 35.7. The summed E-state index contributed by atoms with van der Waals surface area (Å²) in [4.78, 5) is 0. The van der Waals surface area contributed by atoms with Crippen molar-refractivity contribution in [1.82, 2.24) is 0 Å². The molecule has 0 aliphatic rings. The van der Waals surface area contributed by atoms with Crippen molar-refractivity contribution in [1.29, 1.82) is 0 Å². The monoisotopic (exact) mass is 344 g/mol. The Hall–Kier alpha value is 0.0169. The summed E-state index contributed by atoms with van der Waals surface area (Å²) in [6.45, 7) is 7.10. The third kappa shape index (κ3) is 8.90. The van der Waals surface area contributed by atoms with Crippen LogP contribution in [0.3, 0.4) is 0 Å². The maximum absolute atomic E-state index is 5.97. The van der Waals surface area contributed by atoms with Gasteiger partial charge in [-0.05, 0) is 42.2 Å². The number of hydrogen-bond donors (Lipinski definition) is 0. The van der Waals surface area contributed by atoms with Gasteiger partial charge in [0.1, 0.15) is 0 Å². The van der Waals surface area contributed by atoms with E-state index in [-0.39, 0.29) is 0 Å². The van der Waals surface area contributed by atoms with Gasteiger partial charge in [-0.3, -0.25) is 0 Å². The summed E-state index contributed by atoms with van der Waals surface area (Å²) in [7, 11) is -1.41. The summed E-state index contributed by atoms with van der Waals surface area (Å²) >= 11 is 11.9. The van der Waals surface area contributed by atoms with Crippen molar-refractivity contribution in [3.8, 4) is 0 Å². The van der Waals surface area contributed by atoms with Crippen molar-refractivity contribution in [2.75, 3.05) is 0 Å². The van der Waals surface area contributed by atoms with Crippen molar-refractivity contribution in [2.24, 2.45) is 11.3 Å². The van der Waals surface area contributed by atoms with Crippen molar-refractivity contribution in [3.63, 3.8) is 0 Å². The predicted molar refractivity (Wildman–Crippen MR) is 99.8 cm³/mol. The number of hydrogen-bond acceptors (Lipinski definition) is 0. The molecule has 1 aromatic rings. The van der Waals surface area contributed by atoms with Crippen LogP contribution >= 0.6 is 22.2 Å². The SMILES string of the molecule is CC(C)(C)C(CCCCc1ccccc1)CCC[SiH](Cl)Cl. The zero-order valence-electron chi connectivity index (χ0n) is 13.7. The largest absolute Gasteiger partial charge is 0.237 e. The second-order valence-electron chi connectivity index (χ2n) is 7.12. The molecular formula is C18H30Cl2Si. The molecular weight excluding hydrogens is 315 g/mol. The molecule has 21 heavy (non-hydrogen) atoms. The van der Waals surface area contributed by atoms with Gasteiger partial charge in [0.05, 0.1) is 0 Å². The number of aryl methyl sites for hydroxylation is 1. The molecule has 0 amide bonds. The Morgan fingerprint density at radius 2 is 1.57 bits per heavy atom. The maximum Gasteiger partial charge on any atom is 0.237 e. The number of rotatable bonds is 9. The molecule has 120 valence electrons. The Kier molecular flexibility index (Phi) is 9.00. The first kappa shape index (κ1) is 19.1. The fourth-order valence-electron chi connectivity index (χ4n) is 2.89. The fraction of sp³-hybridized carbons (Fsp3) is 0.667. The van der Waals surface area contributed by atoms with Gasteiger partial charge in [0, 0.05) is 0 Å². The molecule has 1 rings (SSSR count). The number of unbranched alkanes of at least 4 members (excludes halogenated alkanes) is 1. The van der Waals surface area contributed by atoms with E-state index in [9.17, 15) is 0 Å². The summed E-state index contributed by atoms with van der Waals surface area (Å²) in [6, 6.07) is 11.9. The predicted octanol–water partition coefficient (Wildman–Crippen LogP) is 6.54. The van der Waals surface area contributed by atoms with Crippen LogP contribution in [0.5, 0.6) is 0 Å². The van der Waals surface area contributed by atoms with Crippen LogP contribution in [0, 0.1) is 11.3 Å². The first-order chi connectivity index (χ1) is 9.89. The fourth-order valence-corrected chi connectivity index (χ4v) is 4.36. The lowest BCUT2D eigenvalue weighted by Gasteiger charge is -2.31. The highest BCUT2D eigenvalue weighted by Gasteiger charge is 2.23. The molecule has 0 spiro atoms. The summed E-state index contributed by atoms with van der Waals surface area (Å²) < 4.78 is 0. The Morgan fingerprint density at radius 3 is 2.14 bits per heavy atom. The molecule has 0 fully saturated rings. The zero-order chi connectivity index (χ0) is 15.7. The van der Waals surface area contributed by atoms with Gasteiger partial charge in [0.15, 0.2) is 0 Å². The van der Waals surface area contributed by atoms with Gasteiger partial charge in [0.2, 0.25) is 7.42 Å². The molecule has 0 nitrogen and oxygen atoms in total. The molecule has 0 saturated carbocycles. The summed E-state index contributed by atoms with van der Waals surface area (Å²) in [5.41, 5.74) is 1.85. The second-order valence-corrected chi connectivity index (χ2v) is 12.3. The molecule has 3 heteroatoms. The second kappa shape index (κ2) is 9.92. The quantitative estimate of drug-likeness (QED) is 0.271. The molecule has 1 unspecified atom stereocenters. The van der Waals surface area contributed by atoms with Gasteiger partial charge in [-0.2, -0.15) is 22.2 Å². The van der Waals surface area contributed by atoms with Crippen LogP contribution in [0.4, 0.5) is 0 Å². The van der Waals surface area contributed by atoms with Crippen LogP contribution in [-0.4, -0.2) is 7.42 Å². The molecule has 0 aliphatic heterocycles. The van der Waals surface area contributed by atoms with E-state index in [4.69, 9.17) is 22.2 Å². The average molecular weight is 345 g/mol. The van der Waals surface area contributed by atoms with E-state index in [1.54, 1.807) is 0 Å². The van der Waals surface area contributed by atoms with Gasteiger partial charge in [0.25, 0.3) is 0 Å². The lowest BCUT2D eigenvalue weighted by molar-refractivity contribution is 0.205. The van der Waals surface area contributed by atoms with Gasteiger partial charge in [-0.1, -0.05) is 70.4 Å². The molecule has 0 bridgehead atoms. The van der Waals surface area contributed by atoms with E-state index in [2.05, 4.69) is 51.1 Å². The third-order valence-electron chi connectivity index (χ3n) is 4.31. The van der Waals surface area contributed by atoms with Crippen LogP contribution < -0.4 is 0 Å². The Morgan fingerprint density at radius 1 is 0.952 bits per heavy atom. The smallest absolute Gasteiger partial charge is 0.150 e. The molecule has 1 aromatic carbocycles. The molecule has 0 heterocycles. The van der Waals surface area contributed by atoms with Crippen molar-refractivity contribution < 1.29 is 0 Å². The molecule has 1 atom stereocenters. The Balaban J connectivity index is 2.29. The summed E-state index contributed by atoms with van der Waals surface area (Å²) in [5.74, 6) is 0.786. The van der Waals surface area contributed by atoms with Gasteiger partial charge in [-0.25, -0.2) is 0 Å². The molecule has 0 N–H and O–H groups in total. The summed E-state index contributed by atoms with van der Waals surface area (Å²) in [5, 5.41) is 0. The van der Waals surface area contributed by atoms with E-state index in [1.807, 2.05) is 0 Å². The highest BCUT2D eigenvalue weighted by Crippen LogP contribution is 2.34. The van der Waals surface area contributed by atoms with Gasteiger partial charge in [-0.15, -0.1) is 0 Å². The molecule has 0 saturated heterocycles. The van der Waals surface area contributed by atoms with E-state index < -0.39 is 7.42 Å². The minimum absolute atomic E-state index is 0.391. The molecule has 0 radical (unpaired) electrons. The lowest BCUT2D eigenvalue weighted by Crippen LogP contribution is -2.20. The molecule has 0 aliphatic carbocycles. The average Bonchev–Trinajstić information content (AvgIpc) is 2.41. The van der Waals surface area contributed by atoms with Crippen LogP contribution in [0.2, 0.25) is 6.04 Å². The normalized spacial score (nSPS) is 13.6. The highest BCUT2D eigenvalue weighted by molar-refractivity contribution is 7.33. The van der Waals surface area contributed by atoms with Crippen LogP contribution in [-0.2, 0) is 6.42 Å². The van der Waals surface area contributed by atoms with Crippen LogP contribution in [0.25, 0.3) is 0 Å².